The van der Waals surface area contributed by atoms with Crippen molar-refractivity contribution in [3.63, 3.8) is 0 Å². The lowest BCUT2D eigenvalue weighted by Crippen LogP contribution is -2.31. The minimum absolute atomic E-state index is 0.941. The third-order valence-corrected chi connectivity index (χ3v) is 3.91. The maximum atomic E-state index is 3.58. The van der Waals surface area contributed by atoms with Gasteiger partial charge in [0.25, 0.3) is 0 Å². The van der Waals surface area contributed by atoms with Crippen LogP contribution in [0.2, 0.25) is 0 Å². The molecule has 1 heterocycles. The monoisotopic (exact) mass is 225 g/mol. The van der Waals surface area contributed by atoms with Crippen molar-refractivity contribution >= 4 is 0 Å². The van der Waals surface area contributed by atoms with Gasteiger partial charge < -0.3 is 15.5 Å². The van der Waals surface area contributed by atoms with Gasteiger partial charge in [0.05, 0.1) is 0 Å². The molecule has 1 saturated heterocycles. The Morgan fingerprint density at radius 3 is 2.75 bits per heavy atom. The highest BCUT2D eigenvalue weighted by Crippen LogP contribution is 2.27. The summed E-state index contributed by atoms with van der Waals surface area (Å²) in [4.78, 5) is 2.63. The van der Waals surface area contributed by atoms with Gasteiger partial charge in [0.1, 0.15) is 0 Å². The largest absolute Gasteiger partial charge is 0.320 e. The molecule has 0 bridgehead atoms. The van der Waals surface area contributed by atoms with Crippen molar-refractivity contribution in [2.75, 3.05) is 46.3 Å². The minimum atomic E-state index is 0.941. The summed E-state index contributed by atoms with van der Waals surface area (Å²) in [6.07, 6.45) is 5.68. The Hall–Kier alpha value is -0.120. The van der Waals surface area contributed by atoms with Crippen LogP contribution in [0.5, 0.6) is 0 Å². The summed E-state index contributed by atoms with van der Waals surface area (Å²) in [5.41, 5.74) is 0. The zero-order valence-corrected chi connectivity index (χ0v) is 10.7. The number of likely N-dealkylation sites (tertiary alicyclic amines) is 1. The van der Waals surface area contributed by atoms with Crippen molar-refractivity contribution in [1.82, 2.24) is 15.5 Å². The van der Waals surface area contributed by atoms with E-state index in [0.29, 0.717) is 0 Å². The van der Waals surface area contributed by atoms with E-state index in [2.05, 4.69) is 22.6 Å². The van der Waals surface area contributed by atoms with E-state index in [-0.39, 0.29) is 0 Å². The van der Waals surface area contributed by atoms with Crippen LogP contribution in [-0.2, 0) is 0 Å². The molecule has 94 valence electrons. The van der Waals surface area contributed by atoms with Gasteiger partial charge in [-0.05, 0) is 64.2 Å². The Bertz CT molecular complexity index is 192. The highest BCUT2D eigenvalue weighted by Gasteiger charge is 2.22. The van der Waals surface area contributed by atoms with Crippen molar-refractivity contribution in [1.29, 1.82) is 0 Å². The number of rotatable bonds is 8. The second-order valence-electron chi connectivity index (χ2n) is 5.50. The predicted molar refractivity (Wildman–Crippen MR) is 68.7 cm³/mol. The van der Waals surface area contributed by atoms with Crippen molar-refractivity contribution in [3.8, 4) is 0 Å². The zero-order valence-electron chi connectivity index (χ0n) is 10.7. The van der Waals surface area contributed by atoms with Crippen LogP contribution in [0.1, 0.15) is 25.7 Å². The second-order valence-corrected chi connectivity index (χ2v) is 5.50. The van der Waals surface area contributed by atoms with E-state index in [0.717, 1.165) is 11.8 Å². The minimum Gasteiger partial charge on any atom is -0.320 e. The standard InChI is InChI=1S/C13H27N3/c1-14-6-4-13-5-8-16(11-13)9-7-15-10-12-2-3-12/h12-15H,2-11H2,1H3. The van der Waals surface area contributed by atoms with Crippen LogP contribution in [0.25, 0.3) is 0 Å². The van der Waals surface area contributed by atoms with Crippen LogP contribution in [-0.4, -0.2) is 51.2 Å². The number of nitrogens with one attached hydrogen (secondary N) is 2. The third kappa shape index (κ3) is 4.40. The number of hydrogen-bond donors (Lipinski definition) is 2. The third-order valence-electron chi connectivity index (χ3n) is 3.91. The predicted octanol–water partition coefficient (Wildman–Crippen LogP) is 0.917. The van der Waals surface area contributed by atoms with Gasteiger partial charge in [-0.15, -0.1) is 0 Å². The van der Waals surface area contributed by atoms with E-state index in [9.17, 15) is 0 Å². The van der Waals surface area contributed by atoms with Gasteiger partial charge >= 0.3 is 0 Å². The fourth-order valence-corrected chi connectivity index (χ4v) is 2.57. The molecule has 0 amide bonds. The van der Waals surface area contributed by atoms with Crippen LogP contribution in [0, 0.1) is 11.8 Å². The van der Waals surface area contributed by atoms with E-state index in [4.69, 9.17) is 0 Å². The Balaban J connectivity index is 1.47. The Kier molecular flexibility index (Phi) is 5.07. The first kappa shape index (κ1) is 12.3. The zero-order chi connectivity index (χ0) is 11.2. The van der Waals surface area contributed by atoms with E-state index >= 15 is 0 Å². The molecule has 16 heavy (non-hydrogen) atoms. The van der Waals surface area contributed by atoms with E-state index < -0.39 is 0 Å². The number of nitrogens with zero attached hydrogens (tertiary/aromatic N) is 1. The molecule has 1 unspecified atom stereocenters. The fourth-order valence-electron chi connectivity index (χ4n) is 2.57. The SMILES string of the molecule is CNCCC1CCN(CCNCC2CC2)C1. The van der Waals surface area contributed by atoms with E-state index in [1.54, 1.807) is 0 Å². The highest BCUT2D eigenvalue weighted by molar-refractivity contribution is 4.78. The average molecular weight is 225 g/mol. The Morgan fingerprint density at radius 2 is 2.00 bits per heavy atom. The molecule has 3 heteroatoms. The quantitative estimate of drug-likeness (QED) is 0.602. The molecule has 2 rings (SSSR count). The van der Waals surface area contributed by atoms with Crippen molar-refractivity contribution in [2.24, 2.45) is 11.8 Å². The second kappa shape index (κ2) is 6.58. The normalized spacial score (nSPS) is 26.4. The van der Waals surface area contributed by atoms with Crippen LogP contribution >= 0.6 is 0 Å². The fraction of sp³-hybridized carbons (Fsp3) is 1.00. The van der Waals surface area contributed by atoms with Crippen LogP contribution < -0.4 is 10.6 Å². The highest BCUT2D eigenvalue weighted by atomic mass is 15.2. The summed E-state index contributed by atoms with van der Waals surface area (Å²) < 4.78 is 0. The molecule has 2 N–H and O–H groups in total. The molecular weight excluding hydrogens is 198 g/mol. The molecule has 0 radical (unpaired) electrons. The molecule has 0 aromatic rings. The summed E-state index contributed by atoms with van der Waals surface area (Å²) in [5.74, 6) is 1.96. The van der Waals surface area contributed by atoms with E-state index in [1.165, 1.54) is 65.0 Å². The van der Waals surface area contributed by atoms with Gasteiger partial charge in [0.2, 0.25) is 0 Å². The maximum Gasteiger partial charge on any atom is 0.0107 e. The summed E-state index contributed by atoms with van der Waals surface area (Å²) >= 11 is 0. The van der Waals surface area contributed by atoms with Crippen molar-refractivity contribution in [2.45, 2.75) is 25.7 Å². The van der Waals surface area contributed by atoms with Gasteiger partial charge in [-0.3, -0.25) is 0 Å². The lowest BCUT2D eigenvalue weighted by Gasteiger charge is -2.16. The van der Waals surface area contributed by atoms with Crippen LogP contribution in [0.3, 0.4) is 0 Å². The van der Waals surface area contributed by atoms with Gasteiger partial charge in [-0.1, -0.05) is 0 Å². The van der Waals surface area contributed by atoms with Crippen LogP contribution in [0.15, 0.2) is 0 Å². The molecule has 1 atom stereocenters. The van der Waals surface area contributed by atoms with Gasteiger partial charge in [0, 0.05) is 19.6 Å². The van der Waals surface area contributed by atoms with Crippen molar-refractivity contribution < 1.29 is 0 Å². The Labute approximate surface area is 100.0 Å². The molecular formula is C13H27N3. The first-order chi connectivity index (χ1) is 7.88. The lowest BCUT2D eigenvalue weighted by molar-refractivity contribution is 0.318. The van der Waals surface area contributed by atoms with E-state index in [1.807, 2.05) is 0 Å². The smallest absolute Gasteiger partial charge is 0.0107 e. The topological polar surface area (TPSA) is 27.3 Å². The van der Waals surface area contributed by atoms with Crippen LogP contribution in [0.4, 0.5) is 0 Å². The van der Waals surface area contributed by atoms with Crippen molar-refractivity contribution in [3.05, 3.63) is 0 Å². The maximum absolute atomic E-state index is 3.58. The van der Waals surface area contributed by atoms with Gasteiger partial charge in [-0.2, -0.15) is 0 Å². The summed E-state index contributed by atoms with van der Waals surface area (Å²) in [7, 11) is 2.05. The molecule has 0 aromatic carbocycles. The molecule has 0 spiro atoms. The van der Waals surface area contributed by atoms with Gasteiger partial charge in [-0.25, -0.2) is 0 Å². The Morgan fingerprint density at radius 1 is 1.12 bits per heavy atom. The molecule has 0 aromatic heterocycles. The molecule has 3 nitrogen and oxygen atoms in total. The first-order valence-electron chi connectivity index (χ1n) is 6.96. The molecule has 2 fully saturated rings. The molecule has 1 aliphatic carbocycles. The number of hydrogen-bond acceptors (Lipinski definition) is 3. The first-order valence-corrected chi connectivity index (χ1v) is 6.96. The molecule has 1 aliphatic heterocycles. The average Bonchev–Trinajstić information content (AvgIpc) is 3.01. The summed E-state index contributed by atoms with van der Waals surface area (Å²) in [6.45, 7) is 7.53. The lowest BCUT2D eigenvalue weighted by atomic mass is 10.1. The molecule has 2 aliphatic rings. The molecule has 1 saturated carbocycles. The van der Waals surface area contributed by atoms with Gasteiger partial charge in [0.15, 0.2) is 0 Å². The summed E-state index contributed by atoms with van der Waals surface area (Å²) in [5, 5.41) is 6.83. The summed E-state index contributed by atoms with van der Waals surface area (Å²) in [6, 6.07) is 0.